The quantitative estimate of drug-likeness (QED) is 0.548. The molecule has 0 saturated carbocycles. The lowest BCUT2D eigenvalue weighted by atomic mass is 10.0. The van der Waals surface area contributed by atoms with Gasteiger partial charge < -0.3 is 14.0 Å². The number of rotatable bonds is 5. The highest BCUT2D eigenvalue weighted by Gasteiger charge is 2.15. The molecule has 2 aromatic heterocycles. The number of hydrogen-bond donors (Lipinski definition) is 1. The summed E-state index contributed by atoms with van der Waals surface area (Å²) in [5.74, 6) is 1.17. The van der Waals surface area contributed by atoms with E-state index in [4.69, 9.17) is 14.0 Å². The predicted molar refractivity (Wildman–Crippen MR) is 101 cm³/mol. The van der Waals surface area contributed by atoms with E-state index in [1.165, 1.54) is 25.3 Å². The van der Waals surface area contributed by atoms with Crippen LogP contribution in [0.2, 0.25) is 0 Å². The van der Waals surface area contributed by atoms with Crippen molar-refractivity contribution < 1.29 is 18.4 Å². The van der Waals surface area contributed by atoms with Crippen LogP contribution in [0.4, 0.5) is 4.39 Å². The van der Waals surface area contributed by atoms with E-state index in [1.807, 2.05) is 12.1 Å². The Labute approximate surface area is 159 Å². The number of nitrogens with one attached hydrogen (secondary N) is 1. The first kappa shape index (κ1) is 17.5. The SMILES string of the molecule is COc1cc(-c2cccnc2Oc2cccc(F)c2)ccc1-c1cc(=O)[nH]o1. The Morgan fingerprint density at radius 3 is 2.68 bits per heavy atom. The lowest BCUT2D eigenvalue weighted by Gasteiger charge is -2.12. The predicted octanol–water partition coefficient (Wildman–Crippen LogP) is 4.64. The minimum atomic E-state index is -0.394. The summed E-state index contributed by atoms with van der Waals surface area (Å²) in [6.07, 6.45) is 1.60. The van der Waals surface area contributed by atoms with Crippen LogP contribution in [-0.4, -0.2) is 17.3 Å². The van der Waals surface area contributed by atoms with Gasteiger partial charge in [0.1, 0.15) is 17.3 Å². The van der Waals surface area contributed by atoms with Crippen molar-refractivity contribution in [3.63, 3.8) is 0 Å². The molecule has 1 N–H and O–H groups in total. The van der Waals surface area contributed by atoms with Crippen molar-refractivity contribution in [3.05, 3.63) is 83.0 Å². The molecular formula is C21H15FN2O4. The van der Waals surface area contributed by atoms with Crippen LogP contribution in [0.1, 0.15) is 0 Å². The van der Waals surface area contributed by atoms with E-state index >= 15 is 0 Å². The van der Waals surface area contributed by atoms with Crippen LogP contribution in [0.25, 0.3) is 22.5 Å². The molecule has 4 aromatic rings. The normalized spacial score (nSPS) is 10.6. The smallest absolute Gasteiger partial charge is 0.280 e. The van der Waals surface area contributed by atoms with Gasteiger partial charge in [0.15, 0.2) is 5.76 Å². The van der Waals surface area contributed by atoms with E-state index in [9.17, 15) is 9.18 Å². The first-order valence-corrected chi connectivity index (χ1v) is 8.40. The van der Waals surface area contributed by atoms with Gasteiger partial charge in [-0.25, -0.2) is 9.37 Å². The largest absolute Gasteiger partial charge is 0.496 e. The van der Waals surface area contributed by atoms with Gasteiger partial charge in [-0.05, 0) is 42.0 Å². The van der Waals surface area contributed by atoms with E-state index in [0.717, 1.165) is 5.56 Å². The zero-order valence-electron chi connectivity index (χ0n) is 14.8. The van der Waals surface area contributed by atoms with Crippen molar-refractivity contribution >= 4 is 0 Å². The van der Waals surface area contributed by atoms with Crippen LogP contribution >= 0.6 is 0 Å². The standard InChI is InChI=1S/C21H15FN2O4/c1-26-18-10-13(7-8-17(18)19-12-20(25)24-28-19)16-6-3-9-23-21(16)27-15-5-2-4-14(22)11-15/h2-12H,1H3,(H,24,25). The summed E-state index contributed by atoms with van der Waals surface area (Å²) in [6.45, 7) is 0. The van der Waals surface area contributed by atoms with Gasteiger partial charge in [0.05, 0.1) is 18.7 Å². The number of nitrogens with zero attached hydrogens (tertiary/aromatic N) is 1. The molecule has 0 aliphatic heterocycles. The topological polar surface area (TPSA) is 77.4 Å². The van der Waals surface area contributed by atoms with E-state index < -0.39 is 5.82 Å². The average Bonchev–Trinajstić information content (AvgIpc) is 3.14. The Balaban J connectivity index is 1.74. The van der Waals surface area contributed by atoms with Crippen molar-refractivity contribution in [1.82, 2.24) is 10.1 Å². The van der Waals surface area contributed by atoms with Crippen molar-refractivity contribution in [2.75, 3.05) is 7.11 Å². The molecule has 0 spiro atoms. The fourth-order valence-corrected chi connectivity index (χ4v) is 2.81. The van der Waals surface area contributed by atoms with Gasteiger partial charge in [0.25, 0.3) is 5.56 Å². The number of H-pyrrole nitrogens is 1. The lowest BCUT2D eigenvalue weighted by Crippen LogP contribution is -1.94. The molecule has 0 radical (unpaired) electrons. The molecular weight excluding hydrogens is 363 g/mol. The fraction of sp³-hybridized carbons (Fsp3) is 0.0476. The third-order valence-electron chi connectivity index (χ3n) is 4.08. The zero-order chi connectivity index (χ0) is 19.5. The maximum atomic E-state index is 13.4. The molecule has 0 aliphatic rings. The molecule has 0 fully saturated rings. The van der Waals surface area contributed by atoms with Crippen LogP contribution in [0.3, 0.4) is 0 Å². The van der Waals surface area contributed by atoms with E-state index in [1.54, 1.807) is 36.5 Å². The lowest BCUT2D eigenvalue weighted by molar-refractivity contribution is 0.404. The molecule has 2 aromatic carbocycles. The van der Waals surface area contributed by atoms with Crippen molar-refractivity contribution in [3.8, 4) is 39.8 Å². The van der Waals surface area contributed by atoms with Gasteiger partial charge in [-0.2, -0.15) is 5.16 Å². The molecule has 0 unspecified atom stereocenters. The zero-order valence-corrected chi connectivity index (χ0v) is 14.8. The number of hydrogen-bond acceptors (Lipinski definition) is 5. The highest BCUT2D eigenvalue weighted by molar-refractivity contribution is 5.76. The molecule has 0 bridgehead atoms. The van der Waals surface area contributed by atoms with Crippen molar-refractivity contribution in [2.24, 2.45) is 0 Å². The Hall–Kier alpha value is -3.87. The fourth-order valence-electron chi connectivity index (χ4n) is 2.81. The number of aromatic amines is 1. The molecule has 0 saturated heterocycles. The summed E-state index contributed by atoms with van der Waals surface area (Å²) in [5.41, 5.74) is 1.77. The molecule has 4 rings (SSSR count). The summed E-state index contributed by atoms with van der Waals surface area (Å²) in [4.78, 5) is 15.6. The maximum absolute atomic E-state index is 13.4. The van der Waals surface area contributed by atoms with Crippen LogP contribution in [0, 0.1) is 5.82 Å². The van der Waals surface area contributed by atoms with Crippen LogP contribution in [0.15, 0.2) is 76.2 Å². The number of ether oxygens (including phenoxy) is 2. The third kappa shape index (κ3) is 3.50. The monoisotopic (exact) mass is 378 g/mol. The van der Waals surface area contributed by atoms with Gasteiger partial charge in [0, 0.05) is 17.8 Å². The summed E-state index contributed by atoms with van der Waals surface area (Å²) in [5, 5.41) is 2.26. The second-order valence-corrected chi connectivity index (χ2v) is 5.91. The molecule has 0 atom stereocenters. The van der Waals surface area contributed by atoms with Gasteiger partial charge in [-0.15, -0.1) is 0 Å². The number of halogens is 1. The number of benzene rings is 2. The van der Waals surface area contributed by atoms with Crippen LogP contribution in [0.5, 0.6) is 17.4 Å². The van der Waals surface area contributed by atoms with E-state index in [0.29, 0.717) is 34.3 Å². The third-order valence-corrected chi connectivity index (χ3v) is 4.08. The molecule has 140 valence electrons. The molecule has 6 nitrogen and oxygen atoms in total. The number of methoxy groups -OCH3 is 1. The second kappa shape index (κ2) is 7.40. The van der Waals surface area contributed by atoms with Gasteiger partial charge in [0.2, 0.25) is 5.88 Å². The van der Waals surface area contributed by atoms with Crippen LogP contribution < -0.4 is 15.0 Å². The summed E-state index contributed by atoms with van der Waals surface area (Å²) >= 11 is 0. The summed E-state index contributed by atoms with van der Waals surface area (Å²) in [6, 6.07) is 16.2. The minimum Gasteiger partial charge on any atom is -0.496 e. The summed E-state index contributed by atoms with van der Waals surface area (Å²) < 4.78 is 29.8. The minimum absolute atomic E-state index is 0.330. The first-order chi connectivity index (χ1) is 13.6. The Morgan fingerprint density at radius 2 is 1.93 bits per heavy atom. The average molecular weight is 378 g/mol. The highest BCUT2D eigenvalue weighted by Crippen LogP contribution is 2.37. The Bertz CT molecular complexity index is 1180. The molecule has 0 aliphatic carbocycles. The van der Waals surface area contributed by atoms with Crippen LogP contribution in [-0.2, 0) is 0 Å². The van der Waals surface area contributed by atoms with Gasteiger partial charge in [-0.3, -0.25) is 4.79 Å². The number of pyridine rings is 1. The van der Waals surface area contributed by atoms with Crippen molar-refractivity contribution in [1.29, 1.82) is 0 Å². The van der Waals surface area contributed by atoms with Gasteiger partial charge in [-0.1, -0.05) is 12.1 Å². The summed E-state index contributed by atoms with van der Waals surface area (Å²) in [7, 11) is 1.53. The maximum Gasteiger partial charge on any atom is 0.280 e. The van der Waals surface area contributed by atoms with E-state index in [-0.39, 0.29) is 5.56 Å². The second-order valence-electron chi connectivity index (χ2n) is 5.91. The molecule has 2 heterocycles. The molecule has 28 heavy (non-hydrogen) atoms. The Morgan fingerprint density at radius 1 is 1.04 bits per heavy atom. The number of aromatic nitrogens is 2. The highest BCUT2D eigenvalue weighted by atomic mass is 19.1. The van der Waals surface area contributed by atoms with Gasteiger partial charge >= 0.3 is 0 Å². The van der Waals surface area contributed by atoms with Crippen molar-refractivity contribution in [2.45, 2.75) is 0 Å². The molecule has 0 amide bonds. The first-order valence-electron chi connectivity index (χ1n) is 8.40. The molecule has 7 heteroatoms. The van der Waals surface area contributed by atoms with E-state index in [2.05, 4.69) is 10.1 Å². The Kier molecular flexibility index (Phi) is 4.63.